The van der Waals surface area contributed by atoms with Crippen LogP contribution < -0.4 is 5.32 Å². The van der Waals surface area contributed by atoms with Gasteiger partial charge < -0.3 is 14.2 Å². The van der Waals surface area contributed by atoms with Crippen molar-refractivity contribution in [3.63, 3.8) is 0 Å². The zero-order valence-corrected chi connectivity index (χ0v) is 21.8. The fraction of sp³-hybridized carbons (Fsp3) is 0.286. The lowest BCUT2D eigenvalue weighted by atomic mass is 10.1. The van der Waals surface area contributed by atoms with Crippen LogP contribution >= 0.6 is 11.3 Å². The molecule has 2 aromatic carbocycles. The van der Waals surface area contributed by atoms with Crippen LogP contribution in [0, 0.1) is 0 Å². The van der Waals surface area contributed by atoms with Gasteiger partial charge in [-0.25, -0.2) is 9.97 Å². The molecule has 0 radical (unpaired) electrons. The topological polar surface area (TPSA) is 91.6 Å². The molecule has 9 heteroatoms. The number of nitrogens with one attached hydrogen (secondary N) is 1. The highest BCUT2D eigenvalue weighted by atomic mass is 32.1. The molecule has 0 unspecified atom stereocenters. The minimum atomic E-state index is -0.197. The average Bonchev–Trinajstić information content (AvgIpc) is 3.58. The van der Waals surface area contributed by atoms with E-state index in [1.54, 1.807) is 24.4 Å². The van der Waals surface area contributed by atoms with E-state index < -0.39 is 0 Å². The summed E-state index contributed by atoms with van der Waals surface area (Å²) in [5.41, 5.74) is 3.98. The number of likely N-dealkylation sites (N-methyl/N-ethyl adjacent to an activating group) is 1. The van der Waals surface area contributed by atoms with Gasteiger partial charge in [0.15, 0.2) is 17.3 Å². The van der Waals surface area contributed by atoms with Crippen molar-refractivity contribution in [3.05, 3.63) is 88.4 Å². The lowest BCUT2D eigenvalue weighted by molar-refractivity contribution is 0.0743. The molecule has 1 aliphatic rings. The number of hydrogen-bond acceptors (Lipinski definition) is 7. The SMILES string of the molecule is CCCN(Cc1cccc(C(=O)Nc2nc3c(s2)CN(C)CC3)c1)C(=O)c1ccc(-c2cnco2)cc1. The van der Waals surface area contributed by atoms with Gasteiger partial charge in [-0.2, -0.15) is 0 Å². The Hall–Kier alpha value is -3.82. The smallest absolute Gasteiger partial charge is 0.257 e. The van der Waals surface area contributed by atoms with Gasteiger partial charge in [0.05, 0.1) is 11.9 Å². The Morgan fingerprint density at radius 2 is 2.00 bits per heavy atom. The second-order valence-electron chi connectivity index (χ2n) is 9.20. The highest BCUT2D eigenvalue weighted by Gasteiger charge is 2.20. The molecule has 5 rings (SSSR count). The predicted molar refractivity (Wildman–Crippen MR) is 144 cm³/mol. The molecule has 0 bridgehead atoms. The molecule has 0 fully saturated rings. The van der Waals surface area contributed by atoms with Crippen LogP contribution in [-0.2, 0) is 19.5 Å². The minimum absolute atomic E-state index is 0.0563. The summed E-state index contributed by atoms with van der Waals surface area (Å²) >= 11 is 1.54. The van der Waals surface area contributed by atoms with Crippen molar-refractivity contribution in [1.82, 2.24) is 19.8 Å². The number of oxazole rings is 1. The number of fused-ring (bicyclic) bond motifs is 1. The molecular weight excluding hydrogens is 486 g/mol. The number of amides is 2. The molecule has 0 saturated heterocycles. The van der Waals surface area contributed by atoms with E-state index >= 15 is 0 Å². The van der Waals surface area contributed by atoms with E-state index in [9.17, 15) is 9.59 Å². The molecule has 1 aliphatic heterocycles. The van der Waals surface area contributed by atoms with Crippen LogP contribution in [0.2, 0.25) is 0 Å². The molecule has 8 nitrogen and oxygen atoms in total. The van der Waals surface area contributed by atoms with E-state index in [0.717, 1.165) is 42.8 Å². The van der Waals surface area contributed by atoms with Gasteiger partial charge in [0.2, 0.25) is 0 Å². The van der Waals surface area contributed by atoms with Crippen molar-refractivity contribution in [1.29, 1.82) is 0 Å². The highest BCUT2D eigenvalue weighted by molar-refractivity contribution is 7.15. The van der Waals surface area contributed by atoms with Gasteiger partial charge in [0, 0.05) is 54.2 Å². The van der Waals surface area contributed by atoms with Gasteiger partial charge in [-0.05, 0) is 43.3 Å². The summed E-state index contributed by atoms with van der Waals surface area (Å²) in [5.74, 6) is 0.404. The van der Waals surface area contributed by atoms with Gasteiger partial charge in [-0.3, -0.25) is 14.9 Å². The molecule has 2 amide bonds. The molecule has 3 heterocycles. The Kier molecular flexibility index (Phi) is 7.43. The first-order chi connectivity index (χ1) is 18.0. The predicted octanol–water partition coefficient (Wildman–Crippen LogP) is 5.09. The molecule has 190 valence electrons. The zero-order valence-electron chi connectivity index (χ0n) is 20.9. The first kappa shape index (κ1) is 24.9. The standard InChI is InChI=1S/C28H29N5O3S/c1-3-12-33(27(35)21-9-7-20(8-10-21)24-15-29-18-36-24)16-19-5-4-6-22(14-19)26(34)31-28-30-23-11-13-32(2)17-25(23)37-28/h4-10,14-15,18H,3,11-13,16-17H2,1-2H3,(H,30,31,34). The molecule has 4 aromatic rings. The van der Waals surface area contributed by atoms with E-state index in [2.05, 4.69) is 27.2 Å². The molecule has 0 atom stereocenters. The van der Waals surface area contributed by atoms with E-state index in [0.29, 0.717) is 35.1 Å². The second-order valence-corrected chi connectivity index (χ2v) is 10.3. The van der Waals surface area contributed by atoms with Crippen LogP contribution in [0.1, 0.15) is 50.2 Å². The molecule has 1 N–H and O–H groups in total. The van der Waals surface area contributed by atoms with Crippen molar-refractivity contribution < 1.29 is 14.0 Å². The summed E-state index contributed by atoms with van der Waals surface area (Å²) in [4.78, 5) is 40.1. The number of carbonyl (C=O) groups excluding carboxylic acids is 2. The van der Waals surface area contributed by atoms with Gasteiger partial charge in [-0.1, -0.05) is 31.2 Å². The number of rotatable bonds is 8. The summed E-state index contributed by atoms with van der Waals surface area (Å²) in [6.07, 6.45) is 4.75. The number of aromatic nitrogens is 2. The van der Waals surface area contributed by atoms with E-state index in [4.69, 9.17) is 4.42 Å². The third-order valence-corrected chi connectivity index (χ3v) is 7.33. The summed E-state index contributed by atoms with van der Waals surface area (Å²) in [6, 6.07) is 14.8. The molecular formula is C28H29N5O3S. The van der Waals surface area contributed by atoms with Crippen molar-refractivity contribution in [2.45, 2.75) is 32.9 Å². The fourth-order valence-electron chi connectivity index (χ4n) is 4.42. The fourth-order valence-corrected chi connectivity index (χ4v) is 5.50. The normalized spacial score (nSPS) is 13.2. The quantitative estimate of drug-likeness (QED) is 0.351. The summed E-state index contributed by atoms with van der Waals surface area (Å²) in [6.45, 7) is 4.91. The van der Waals surface area contributed by atoms with E-state index in [-0.39, 0.29) is 11.8 Å². The van der Waals surface area contributed by atoms with Crippen LogP contribution in [0.5, 0.6) is 0 Å². The van der Waals surface area contributed by atoms with Crippen LogP contribution in [0.15, 0.2) is 65.5 Å². The van der Waals surface area contributed by atoms with Crippen LogP contribution in [0.4, 0.5) is 5.13 Å². The van der Waals surface area contributed by atoms with Crippen molar-refractivity contribution in [2.24, 2.45) is 0 Å². The van der Waals surface area contributed by atoms with Crippen LogP contribution in [-0.4, -0.2) is 51.7 Å². The largest absolute Gasteiger partial charge is 0.444 e. The van der Waals surface area contributed by atoms with Crippen LogP contribution in [0.25, 0.3) is 11.3 Å². The number of carbonyl (C=O) groups is 2. The van der Waals surface area contributed by atoms with Crippen molar-refractivity contribution in [2.75, 3.05) is 25.5 Å². The maximum absolute atomic E-state index is 13.3. The second kappa shape index (κ2) is 11.1. The first-order valence-corrected chi connectivity index (χ1v) is 13.2. The van der Waals surface area contributed by atoms with E-state index in [1.807, 2.05) is 42.2 Å². The Balaban J connectivity index is 1.27. The Labute approximate surface area is 220 Å². The van der Waals surface area contributed by atoms with Gasteiger partial charge in [0.25, 0.3) is 11.8 Å². The third kappa shape index (κ3) is 5.79. The average molecular weight is 516 g/mol. The van der Waals surface area contributed by atoms with Gasteiger partial charge in [0.1, 0.15) is 0 Å². The number of anilines is 1. The Morgan fingerprint density at radius 3 is 2.76 bits per heavy atom. The monoisotopic (exact) mass is 515 g/mol. The summed E-state index contributed by atoms with van der Waals surface area (Å²) in [5, 5.41) is 3.59. The Morgan fingerprint density at radius 1 is 1.16 bits per heavy atom. The molecule has 37 heavy (non-hydrogen) atoms. The van der Waals surface area contributed by atoms with E-state index in [1.165, 1.54) is 22.6 Å². The molecule has 2 aromatic heterocycles. The highest BCUT2D eigenvalue weighted by Crippen LogP contribution is 2.28. The van der Waals surface area contributed by atoms with Crippen molar-refractivity contribution >= 4 is 28.3 Å². The molecule has 0 spiro atoms. The summed E-state index contributed by atoms with van der Waals surface area (Å²) in [7, 11) is 2.09. The van der Waals surface area contributed by atoms with Gasteiger partial charge >= 0.3 is 0 Å². The maximum atomic E-state index is 13.3. The molecule has 0 aliphatic carbocycles. The number of benzene rings is 2. The van der Waals surface area contributed by atoms with Gasteiger partial charge in [-0.15, -0.1) is 11.3 Å². The number of thiazole rings is 1. The third-order valence-electron chi connectivity index (χ3n) is 6.33. The lowest BCUT2D eigenvalue weighted by Gasteiger charge is -2.23. The number of hydrogen-bond donors (Lipinski definition) is 1. The van der Waals surface area contributed by atoms with Crippen LogP contribution in [0.3, 0.4) is 0 Å². The maximum Gasteiger partial charge on any atom is 0.257 e. The Bertz CT molecular complexity index is 1380. The first-order valence-electron chi connectivity index (χ1n) is 12.4. The summed E-state index contributed by atoms with van der Waals surface area (Å²) < 4.78 is 5.33. The van der Waals surface area contributed by atoms with Crippen molar-refractivity contribution in [3.8, 4) is 11.3 Å². The zero-order chi connectivity index (χ0) is 25.8. The minimum Gasteiger partial charge on any atom is -0.444 e. The number of nitrogens with zero attached hydrogens (tertiary/aromatic N) is 4. The lowest BCUT2D eigenvalue weighted by Crippen LogP contribution is -2.31. The molecule has 0 saturated carbocycles.